The fraction of sp³-hybridized carbons (Fsp3) is 0.500. The van der Waals surface area contributed by atoms with Crippen molar-refractivity contribution in [3.05, 3.63) is 40.9 Å². The average Bonchev–Trinajstić information content (AvgIpc) is 3.07. The molecule has 2 rings (SSSR count). The van der Waals surface area contributed by atoms with Gasteiger partial charge in [-0.25, -0.2) is 4.79 Å². The lowest BCUT2D eigenvalue weighted by Crippen LogP contribution is -2.39. The number of benzene rings is 1. The minimum absolute atomic E-state index is 0.140. The molecule has 0 saturated carbocycles. The second kappa shape index (κ2) is 9.61. The number of hydrogen-bond donors (Lipinski definition) is 3. The zero-order valence-corrected chi connectivity index (χ0v) is 16.5. The van der Waals surface area contributed by atoms with E-state index in [1.54, 1.807) is 0 Å². The van der Waals surface area contributed by atoms with Crippen LogP contribution < -0.4 is 10.6 Å². The fourth-order valence-electron chi connectivity index (χ4n) is 2.55. The van der Waals surface area contributed by atoms with Crippen LogP contribution in [0, 0.1) is 5.92 Å². The van der Waals surface area contributed by atoms with E-state index >= 15 is 0 Å². The predicted molar refractivity (Wildman–Crippen MR) is 104 cm³/mol. The van der Waals surface area contributed by atoms with E-state index in [0.717, 1.165) is 10.6 Å². The van der Waals surface area contributed by atoms with Gasteiger partial charge in [0, 0.05) is 24.9 Å². The number of rotatable bonds is 8. The predicted octanol–water partition coefficient (Wildman–Crippen LogP) is 2.69. The Morgan fingerprint density at radius 1 is 1.23 bits per heavy atom. The minimum atomic E-state index is -0.659. The first-order valence-electron chi connectivity index (χ1n) is 8.62. The minimum Gasteiger partial charge on any atom is -0.388 e. The van der Waals surface area contributed by atoms with Gasteiger partial charge in [0.05, 0.1) is 6.10 Å². The Labute approximate surface area is 158 Å². The third kappa shape index (κ3) is 6.05. The summed E-state index contributed by atoms with van der Waals surface area (Å²) in [7, 11) is 3.89. The largest absolute Gasteiger partial charge is 0.388 e. The number of aliphatic hydroxyl groups excluding tert-OH is 1. The van der Waals surface area contributed by atoms with Gasteiger partial charge in [0.1, 0.15) is 5.01 Å². The topological polar surface area (TPSA) is 90.4 Å². The summed E-state index contributed by atoms with van der Waals surface area (Å²) in [6.45, 7) is 5.05. The van der Waals surface area contributed by atoms with Crippen LogP contribution in [0.25, 0.3) is 0 Å². The van der Waals surface area contributed by atoms with E-state index in [-0.39, 0.29) is 17.9 Å². The summed E-state index contributed by atoms with van der Waals surface area (Å²) in [5, 5.41) is 25.6. The molecule has 2 aromatic rings. The molecule has 0 aliphatic rings. The Hall–Kier alpha value is -2.03. The van der Waals surface area contributed by atoms with Gasteiger partial charge in [-0.2, -0.15) is 0 Å². The summed E-state index contributed by atoms with van der Waals surface area (Å²) in [4.78, 5) is 14.2. The molecule has 7 nitrogen and oxygen atoms in total. The Bertz CT molecular complexity index is 690. The van der Waals surface area contributed by atoms with Crippen LogP contribution in [0.15, 0.2) is 30.3 Å². The zero-order valence-electron chi connectivity index (χ0n) is 15.6. The summed E-state index contributed by atoms with van der Waals surface area (Å²) in [5.41, 5.74) is 0.840. The maximum absolute atomic E-state index is 12.2. The van der Waals surface area contributed by atoms with Crippen molar-refractivity contribution in [3.63, 3.8) is 0 Å². The molecule has 0 aliphatic carbocycles. The van der Waals surface area contributed by atoms with Crippen molar-refractivity contribution in [1.29, 1.82) is 0 Å². The van der Waals surface area contributed by atoms with Crippen LogP contribution in [-0.2, 0) is 0 Å². The van der Waals surface area contributed by atoms with Crippen LogP contribution in [0.5, 0.6) is 0 Å². The Morgan fingerprint density at radius 3 is 2.50 bits per heavy atom. The van der Waals surface area contributed by atoms with Gasteiger partial charge in [-0.05, 0) is 19.7 Å². The number of aliphatic hydroxyl groups is 1. The van der Waals surface area contributed by atoms with Crippen LogP contribution in [0.4, 0.5) is 9.93 Å². The maximum Gasteiger partial charge on any atom is 0.321 e. The van der Waals surface area contributed by atoms with Gasteiger partial charge in [0.15, 0.2) is 0 Å². The van der Waals surface area contributed by atoms with Crippen LogP contribution in [0.3, 0.4) is 0 Å². The Kier molecular flexibility index (Phi) is 7.50. The fourth-order valence-corrected chi connectivity index (χ4v) is 3.29. The highest BCUT2D eigenvalue weighted by molar-refractivity contribution is 7.15. The highest BCUT2D eigenvalue weighted by atomic mass is 32.1. The summed E-state index contributed by atoms with van der Waals surface area (Å²) in [5.74, 6) is 0.135. The number of nitrogens with one attached hydrogen (secondary N) is 2. The number of carbonyl (C=O) groups excluding carboxylic acids is 1. The normalized spacial score (nSPS) is 13.7. The summed E-state index contributed by atoms with van der Waals surface area (Å²) in [6.07, 6.45) is -0.659. The maximum atomic E-state index is 12.2. The number of anilines is 1. The first kappa shape index (κ1) is 20.3. The molecule has 0 fully saturated rings. The Morgan fingerprint density at radius 2 is 1.92 bits per heavy atom. The van der Waals surface area contributed by atoms with E-state index in [2.05, 4.69) is 20.8 Å². The lowest BCUT2D eigenvalue weighted by molar-refractivity contribution is 0.0911. The molecule has 2 unspecified atom stereocenters. The van der Waals surface area contributed by atoms with Gasteiger partial charge in [-0.3, -0.25) is 5.32 Å². The molecule has 1 aromatic heterocycles. The molecule has 142 valence electrons. The van der Waals surface area contributed by atoms with E-state index in [1.807, 2.05) is 63.2 Å². The smallest absolute Gasteiger partial charge is 0.321 e. The van der Waals surface area contributed by atoms with Gasteiger partial charge in [0.2, 0.25) is 5.13 Å². The van der Waals surface area contributed by atoms with Crippen LogP contribution in [-0.4, -0.2) is 53.4 Å². The van der Waals surface area contributed by atoms with E-state index in [4.69, 9.17) is 0 Å². The number of aromatic nitrogens is 2. The van der Waals surface area contributed by atoms with E-state index in [9.17, 15) is 9.90 Å². The second-order valence-corrected chi connectivity index (χ2v) is 7.82. The third-order valence-electron chi connectivity index (χ3n) is 3.87. The number of amides is 2. The SMILES string of the molecule is CC(C)c1nnc(NC(=O)NCC(CN(C)C)C(O)c2ccccc2)s1. The van der Waals surface area contributed by atoms with E-state index < -0.39 is 6.10 Å². The van der Waals surface area contributed by atoms with Gasteiger partial charge in [-0.15, -0.1) is 10.2 Å². The quantitative estimate of drug-likeness (QED) is 0.658. The monoisotopic (exact) mass is 377 g/mol. The van der Waals surface area contributed by atoms with Gasteiger partial charge >= 0.3 is 6.03 Å². The lowest BCUT2D eigenvalue weighted by atomic mass is 9.95. The molecule has 1 heterocycles. The van der Waals surface area contributed by atoms with Crippen LogP contribution in [0.1, 0.15) is 36.4 Å². The first-order chi connectivity index (χ1) is 12.4. The van der Waals surface area contributed by atoms with Crippen molar-refractivity contribution < 1.29 is 9.90 Å². The molecule has 8 heteroatoms. The molecule has 2 amide bonds. The van der Waals surface area contributed by atoms with Crippen molar-refractivity contribution in [3.8, 4) is 0 Å². The third-order valence-corrected chi connectivity index (χ3v) is 5.01. The molecule has 0 radical (unpaired) electrons. The summed E-state index contributed by atoms with van der Waals surface area (Å²) >= 11 is 1.37. The number of urea groups is 1. The van der Waals surface area contributed by atoms with Crippen molar-refractivity contribution in [2.24, 2.45) is 5.92 Å². The Balaban J connectivity index is 1.94. The summed E-state index contributed by atoms with van der Waals surface area (Å²) < 4.78 is 0. The molecule has 0 bridgehead atoms. The van der Waals surface area contributed by atoms with Crippen molar-refractivity contribution in [2.45, 2.75) is 25.9 Å². The van der Waals surface area contributed by atoms with Gasteiger partial charge < -0.3 is 15.3 Å². The summed E-state index contributed by atoms with van der Waals surface area (Å²) in [6, 6.07) is 9.14. The highest BCUT2D eigenvalue weighted by Gasteiger charge is 2.22. The van der Waals surface area contributed by atoms with Crippen LogP contribution in [0.2, 0.25) is 0 Å². The molecule has 0 saturated heterocycles. The number of carbonyl (C=O) groups is 1. The molecule has 0 aliphatic heterocycles. The van der Waals surface area contributed by atoms with Gasteiger partial charge in [-0.1, -0.05) is 55.5 Å². The zero-order chi connectivity index (χ0) is 19.1. The van der Waals surface area contributed by atoms with Gasteiger partial charge in [0.25, 0.3) is 0 Å². The number of hydrogen-bond acceptors (Lipinski definition) is 6. The average molecular weight is 378 g/mol. The second-order valence-electron chi connectivity index (χ2n) is 6.81. The van der Waals surface area contributed by atoms with Crippen molar-refractivity contribution >= 4 is 22.5 Å². The van der Waals surface area contributed by atoms with Crippen molar-refractivity contribution in [2.75, 3.05) is 32.5 Å². The molecule has 0 spiro atoms. The van der Waals surface area contributed by atoms with E-state index in [1.165, 1.54) is 11.3 Å². The first-order valence-corrected chi connectivity index (χ1v) is 9.44. The van der Waals surface area contributed by atoms with Crippen molar-refractivity contribution in [1.82, 2.24) is 20.4 Å². The molecule has 26 heavy (non-hydrogen) atoms. The lowest BCUT2D eigenvalue weighted by Gasteiger charge is -2.26. The molecule has 3 N–H and O–H groups in total. The number of nitrogens with zero attached hydrogens (tertiary/aromatic N) is 3. The van der Waals surface area contributed by atoms with E-state index in [0.29, 0.717) is 18.2 Å². The highest BCUT2D eigenvalue weighted by Crippen LogP contribution is 2.23. The van der Waals surface area contributed by atoms with Crippen LogP contribution >= 0.6 is 11.3 Å². The molecular formula is C18H27N5O2S. The molecular weight excluding hydrogens is 350 g/mol. The molecule has 2 atom stereocenters. The molecule has 1 aromatic carbocycles. The standard InChI is InChI=1S/C18H27N5O2S/c1-12(2)16-21-22-18(26-16)20-17(25)19-10-14(11-23(3)4)15(24)13-8-6-5-7-9-13/h5-9,12,14-15,24H,10-11H2,1-4H3,(H2,19,20,22,25).